The molecule has 0 aliphatic carbocycles. The van der Waals surface area contributed by atoms with Gasteiger partial charge in [0.15, 0.2) is 9.52 Å². The van der Waals surface area contributed by atoms with E-state index in [1.54, 1.807) is 12.1 Å². The summed E-state index contributed by atoms with van der Waals surface area (Å²) in [5, 5.41) is 0.477. The van der Waals surface area contributed by atoms with Crippen molar-refractivity contribution >= 4 is 14.7 Å². The van der Waals surface area contributed by atoms with E-state index < -0.39 is 15.3 Å². The van der Waals surface area contributed by atoms with Crippen LogP contribution in [-0.4, -0.2) is 15.3 Å². The molecule has 4 heteroatoms. The second kappa shape index (κ2) is 3.53. The molecule has 0 fully saturated rings. The van der Waals surface area contributed by atoms with E-state index in [1.807, 2.05) is 19.9 Å². The van der Waals surface area contributed by atoms with Crippen molar-refractivity contribution in [2.45, 2.75) is 19.6 Å². The summed E-state index contributed by atoms with van der Waals surface area (Å²) in [6.07, 6.45) is 0. The van der Waals surface area contributed by atoms with Gasteiger partial charge in [0.05, 0.1) is 0 Å². The highest BCUT2D eigenvalue weighted by atomic mass is 28.2. The van der Waals surface area contributed by atoms with Crippen LogP contribution in [0.15, 0.2) is 18.2 Å². The average molecular weight is 204 g/mol. The molecular weight excluding hydrogens is 193 g/mol. The Morgan fingerprint density at radius 1 is 1.00 bits per heavy atom. The molecular formula is C9H11F3Si. The topological polar surface area (TPSA) is 0 Å². The fourth-order valence-corrected chi connectivity index (χ4v) is 2.71. The second-order valence-electron chi connectivity index (χ2n) is 3.29. The van der Waals surface area contributed by atoms with Gasteiger partial charge in [-0.15, -0.1) is 0 Å². The normalized spacial score (nSPS) is 12.7. The molecule has 0 aliphatic heterocycles. The molecule has 0 aromatic heterocycles. The van der Waals surface area contributed by atoms with Crippen molar-refractivity contribution in [2.75, 3.05) is 0 Å². The van der Waals surface area contributed by atoms with Crippen LogP contribution in [0.2, 0.25) is 0 Å². The van der Waals surface area contributed by atoms with Gasteiger partial charge in [0.2, 0.25) is 0 Å². The van der Waals surface area contributed by atoms with E-state index in [0.717, 1.165) is 11.1 Å². The number of benzene rings is 1. The van der Waals surface area contributed by atoms with Crippen molar-refractivity contribution in [3.63, 3.8) is 0 Å². The minimum atomic E-state index is -3.97. The van der Waals surface area contributed by atoms with Crippen LogP contribution < -0.4 is 5.19 Å². The number of halogens is 3. The second-order valence-corrected chi connectivity index (χ2v) is 5.26. The van der Waals surface area contributed by atoms with Crippen molar-refractivity contribution in [3.05, 3.63) is 29.3 Å². The van der Waals surface area contributed by atoms with Gasteiger partial charge in [-0.25, -0.2) is 0 Å². The predicted octanol–water partition coefficient (Wildman–Crippen LogP) is 1.62. The van der Waals surface area contributed by atoms with E-state index in [-0.39, 0.29) is 0 Å². The number of alkyl halides is 3. The van der Waals surface area contributed by atoms with Crippen LogP contribution in [0.25, 0.3) is 0 Å². The molecule has 0 aliphatic rings. The molecule has 1 aromatic carbocycles. The molecule has 0 bridgehead atoms. The Balaban J connectivity index is 2.90. The SMILES string of the molecule is Cc1cc(C)cc([SiH2]C(F)(F)F)c1. The fourth-order valence-electron chi connectivity index (χ4n) is 1.40. The lowest BCUT2D eigenvalue weighted by molar-refractivity contribution is -0.0455. The van der Waals surface area contributed by atoms with Crippen molar-refractivity contribution in [1.29, 1.82) is 0 Å². The minimum Gasteiger partial charge on any atom is -0.177 e. The molecule has 0 unspecified atom stereocenters. The van der Waals surface area contributed by atoms with Crippen molar-refractivity contribution in [2.24, 2.45) is 0 Å². The zero-order valence-corrected chi connectivity index (χ0v) is 8.99. The lowest BCUT2D eigenvalue weighted by atomic mass is 10.2. The van der Waals surface area contributed by atoms with Crippen LogP contribution in [0.5, 0.6) is 0 Å². The van der Waals surface area contributed by atoms with Gasteiger partial charge in [0.25, 0.3) is 0 Å². The smallest absolute Gasteiger partial charge is 0.177 e. The zero-order valence-electron chi connectivity index (χ0n) is 7.57. The van der Waals surface area contributed by atoms with E-state index in [1.165, 1.54) is 0 Å². The van der Waals surface area contributed by atoms with Gasteiger partial charge in [-0.3, -0.25) is 0 Å². The fraction of sp³-hybridized carbons (Fsp3) is 0.333. The number of hydrogen-bond donors (Lipinski definition) is 0. The molecule has 1 aromatic rings. The van der Waals surface area contributed by atoms with Gasteiger partial charge in [0.1, 0.15) is 0 Å². The maximum absolute atomic E-state index is 12.1. The lowest BCUT2D eigenvalue weighted by Crippen LogP contribution is -2.30. The van der Waals surface area contributed by atoms with Gasteiger partial charge in [-0.2, -0.15) is 13.2 Å². The first-order chi connectivity index (χ1) is 5.87. The van der Waals surface area contributed by atoms with Crippen LogP contribution >= 0.6 is 0 Å². The molecule has 0 saturated heterocycles. The van der Waals surface area contributed by atoms with Crippen LogP contribution in [-0.2, 0) is 0 Å². The third-order valence-corrected chi connectivity index (χ3v) is 2.90. The summed E-state index contributed by atoms with van der Waals surface area (Å²) in [6.45, 7) is 3.64. The summed E-state index contributed by atoms with van der Waals surface area (Å²) in [6, 6.07) is 5.15. The Morgan fingerprint density at radius 3 is 1.85 bits per heavy atom. The van der Waals surface area contributed by atoms with E-state index >= 15 is 0 Å². The first-order valence-corrected chi connectivity index (χ1v) is 5.42. The molecule has 1 rings (SSSR count). The molecule has 0 spiro atoms. The van der Waals surface area contributed by atoms with Crippen molar-refractivity contribution < 1.29 is 13.2 Å². The lowest BCUT2D eigenvalue weighted by Gasteiger charge is -2.07. The number of rotatable bonds is 1. The van der Waals surface area contributed by atoms with E-state index in [2.05, 4.69) is 0 Å². The van der Waals surface area contributed by atoms with Gasteiger partial charge in [-0.1, -0.05) is 34.5 Å². The summed E-state index contributed by atoms with van der Waals surface area (Å²) in [5.74, 6) is -3.97. The molecule has 72 valence electrons. The molecule has 0 nitrogen and oxygen atoms in total. The summed E-state index contributed by atoms with van der Waals surface area (Å²) in [7, 11) is -2.12. The highest BCUT2D eigenvalue weighted by Gasteiger charge is 2.27. The molecule has 13 heavy (non-hydrogen) atoms. The maximum atomic E-state index is 12.1. The van der Waals surface area contributed by atoms with Crippen LogP contribution in [0, 0.1) is 13.8 Å². The molecule has 0 atom stereocenters. The summed E-state index contributed by atoms with van der Waals surface area (Å²) in [5.41, 5.74) is 1.82. The molecule has 0 radical (unpaired) electrons. The average Bonchev–Trinajstić information content (AvgIpc) is 1.78. The molecule has 0 amide bonds. The molecule has 0 saturated carbocycles. The Labute approximate surface area is 77.6 Å². The Bertz CT molecular complexity index is 284. The highest BCUT2D eigenvalue weighted by Crippen LogP contribution is 2.12. The molecule has 0 heterocycles. The van der Waals surface area contributed by atoms with Crippen molar-refractivity contribution in [3.8, 4) is 0 Å². The van der Waals surface area contributed by atoms with Gasteiger partial charge in [0, 0.05) is 0 Å². The van der Waals surface area contributed by atoms with Gasteiger partial charge >= 0.3 is 5.80 Å². The Morgan fingerprint density at radius 2 is 1.46 bits per heavy atom. The quantitative estimate of drug-likeness (QED) is 0.610. The van der Waals surface area contributed by atoms with Crippen LogP contribution in [0.3, 0.4) is 0 Å². The first kappa shape index (κ1) is 10.3. The highest BCUT2D eigenvalue weighted by molar-refractivity contribution is 6.55. The Hall–Kier alpha value is -0.773. The van der Waals surface area contributed by atoms with E-state index in [0.29, 0.717) is 5.19 Å². The monoisotopic (exact) mass is 204 g/mol. The van der Waals surface area contributed by atoms with Crippen molar-refractivity contribution in [1.82, 2.24) is 0 Å². The first-order valence-electron chi connectivity index (χ1n) is 4.01. The maximum Gasteiger partial charge on any atom is 0.359 e. The summed E-state index contributed by atoms with van der Waals surface area (Å²) >= 11 is 0. The third-order valence-electron chi connectivity index (χ3n) is 1.69. The standard InChI is InChI=1S/C9H11F3Si/c1-6-3-7(2)5-8(4-6)13-9(10,11)12/h3-5H,13H2,1-2H3. The summed E-state index contributed by atoms with van der Waals surface area (Å²) in [4.78, 5) is 0. The number of aryl methyl sites for hydroxylation is 2. The zero-order chi connectivity index (χ0) is 10.1. The predicted molar refractivity (Wildman–Crippen MR) is 50.1 cm³/mol. The largest absolute Gasteiger partial charge is 0.359 e. The van der Waals surface area contributed by atoms with E-state index in [9.17, 15) is 13.2 Å². The van der Waals surface area contributed by atoms with Crippen LogP contribution in [0.1, 0.15) is 11.1 Å². The van der Waals surface area contributed by atoms with E-state index in [4.69, 9.17) is 0 Å². The van der Waals surface area contributed by atoms with Gasteiger partial charge < -0.3 is 0 Å². The Kier molecular flexibility index (Phi) is 2.80. The third kappa shape index (κ3) is 3.63. The summed E-state index contributed by atoms with van der Waals surface area (Å²) < 4.78 is 36.2. The molecule has 0 N–H and O–H groups in total. The van der Waals surface area contributed by atoms with Gasteiger partial charge in [-0.05, 0) is 13.8 Å². The minimum absolute atomic E-state index is 0.477. The number of hydrogen-bond acceptors (Lipinski definition) is 0. The van der Waals surface area contributed by atoms with Crippen LogP contribution in [0.4, 0.5) is 13.2 Å².